The molecule has 0 saturated carbocycles. The summed E-state index contributed by atoms with van der Waals surface area (Å²) in [5, 5.41) is 9.03. The van der Waals surface area contributed by atoms with Gasteiger partial charge in [-0.3, -0.25) is 9.97 Å². The number of benzene rings is 5. The number of nitrogens with zero attached hydrogens (tertiary/aromatic N) is 4. The highest BCUT2D eigenvalue weighted by Gasteiger charge is 2.13. The predicted octanol–water partition coefficient (Wildman–Crippen LogP) is 9.52. The highest BCUT2D eigenvalue weighted by Crippen LogP contribution is 2.37. The number of aromatic nitrogens is 4. The number of hydrogen-bond donors (Lipinski definition) is 0. The summed E-state index contributed by atoms with van der Waals surface area (Å²) in [4.78, 5) is 19.6. The second-order valence-corrected chi connectivity index (χ2v) is 10.7. The summed E-state index contributed by atoms with van der Waals surface area (Å²) in [6.45, 7) is 0. The van der Waals surface area contributed by atoms with E-state index in [9.17, 15) is 0 Å². The first kappa shape index (κ1) is 23.0. The lowest BCUT2D eigenvalue weighted by Crippen LogP contribution is -1.91. The SMILES string of the molecule is c1cc(-c2ccc3ccc4cccnc4c3n2)c2cc3c(-c4ccc5ccc6cccnc6c5n4)cccc3cc2c1. The van der Waals surface area contributed by atoms with Crippen LogP contribution in [0.1, 0.15) is 0 Å². The van der Waals surface area contributed by atoms with Gasteiger partial charge in [0.1, 0.15) is 0 Å². The number of pyridine rings is 4. The summed E-state index contributed by atoms with van der Waals surface area (Å²) in [6.07, 6.45) is 3.67. The fourth-order valence-electron chi connectivity index (χ4n) is 6.25. The van der Waals surface area contributed by atoms with Crippen LogP contribution >= 0.6 is 0 Å². The highest BCUT2D eigenvalue weighted by molar-refractivity contribution is 6.10. The molecule has 42 heavy (non-hydrogen) atoms. The van der Waals surface area contributed by atoms with Gasteiger partial charge >= 0.3 is 0 Å². The molecule has 0 saturated heterocycles. The van der Waals surface area contributed by atoms with Crippen molar-refractivity contribution in [3.8, 4) is 22.5 Å². The molecular weight excluding hydrogens is 512 g/mol. The Balaban J connectivity index is 1.28. The Hall–Kier alpha value is -5.74. The maximum Gasteiger partial charge on any atom is 0.0972 e. The van der Waals surface area contributed by atoms with Crippen LogP contribution in [-0.2, 0) is 0 Å². The maximum absolute atomic E-state index is 5.17. The van der Waals surface area contributed by atoms with Crippen molar-refractivity contribution >= 4 is 65.2 Å². The van der Waals surface area contributed by atoms with Crippen LogP contribution in [0.2, 0.25) is 0 Å². The Morgan fingerprint density at radius 2 is 0.762 bits per heavy atom. The topological polar surface area (TPSA) is 51.6 Å². The highest BCUT2D eigenvalue weighted by atomic mass is 14.8. The average molecular weight is 535 g/mol. The lowest BCUT2D eigenvalue weighted by molar-refractivity contribution is 1.37. The standard InChI is InChI=1S/C38H22N4/c1-5-27-21-28-6-2-10-30(34-18-16-26-14-12-24-8-4-20-40-36(24)38(26)42-34)32(28)22-31(27)29(9-1)33-17-15-25-13-11-23-7-3-19-39-35(23)37(25)41-33/h1-22H. The first-order valence-corrected chi connectivity index (χ1v) is 14.1. The van der Waals surface area contributed by atoms with E-state index in [4.69, 9.17) is 9.97 Å². The van der Waals surface area contributed by atoms with E-state index in [1.807, 2.05) is 24.5 Å². The molecule has 5 aromatic carbocycles. The molecule has 4 heteroatoms. The van der Waals surface area contributed by atoms with Crippen LogP contribution < -0.4 is 0 Å². The van der Waals surface area contributed by atoms with Gasteiger partial charge in [0.15, 0.2) is 0 Å². The first-order chi connectivity index (χ1) is 20.8. The zero-order chi connectivity index (χ0) is 27.6. The molecule has 0 spiro atoms. The minimum Gasteiger partial charge on any atom is -0.254 e. The molecule has 0 bridgehead atoms. The van der Waals surface area contributed by atoms with Crippen molar-refractivity contribution in [1.29, 1.82) is 0 Å². The van der Waals surface area contributed by atoms with Gasteiger partial charge in [-0.25, -0.2) is 9.97 Å². The van der Waals surface area contributed by atoms with E-state index in [-0.39, 0.29) is 0 Å². The molecule has 0 unspecified atom stereocenters. The minimum absolute atomic E-state index is 0.922. The van der Waals surface area contributed by atoms with Crippen LogP contribution in [0, 0.1) is 0 Å². The number of rotatable bonds is 2. The van der Waals surface area contributed by atoms with Crippen molar-refractivity contribution in [2.45, 2.75) is 0 Å². The van der Waals surface area contributed by atoms with Crippen molar-refractivity contribution in [2.75, 3.05) is 0 Å². The van der Waals surface area contributed by atoms with Crippen LogP contribution in [0.5, 0.6) is 0 Å². The molecule has 0 atom stereocenters. The summed E-state index contributed by atoms with van der Waals surface area (Å²) in [7, 11) is 0. The second-order valence-electron chi connectivity index (χ2n) is 10.7. The quantitative estimate of drug-likeness (QED) is 0.164. The van der Waals surface area contributed by atoms with E-state index >= 15 is 0 Å². The van der Waals surface area contributed by atoms with E-state index in [0.29, 0.717) is 0 Å². The first-order valence-electron chi connectivity index (χ1n) is 14.1. The lowest BCUT2D eigenvalue weighted by atomic mass is 9.94. The Bertz CT molecular complexity index is 2360. The molecular formula is C38H22N4. The van der Waals surface area contributed by atoms with Gasteiger partial charge in [0.2, 0.25) is 0 Å². The summed E-state index contributed by atoms with van der Waals surface area (Å²) in [6, 6.07) is 42.6. The molecule has 0 fully saturated rings. The third-order valence-corrected chi connectivity index (χ3v) is 8.30. The van der Waals surface area contributed by atoms with Gasteiger partial charge in [0, 0.05) is 45.1 Å². The minimum atomic E-state index is 0.922. The molecule has 0 amide bonds. The summed E-state index contributed by atoms with van der Waals surface area (Å²) < 4.78 is 0. The molecule has 4 nitrogen and oxygen atoms in total. The fraction of sp³-hybridized carbons (Fsp3) is 0. The van der Waals surface area contributed by atoms with Crippen molar-refractivity contribution in [2.24, 2.45) is 0 Å². The molecule has 0 N–H and O–H groups in total. The van der Waals surface area contributed by atoms with Gasteiger partial charge in [-0.05, 0) is 57.9 Å². The van der Waals surface area contributed by atoms with Gasteiger partial charge in [0.25, 0.3) is 0 Å². The molecule has 4 heterocycles. The molecule has 0 aliphatic carbocycles. The second kappa shape index (κ2) is 8.88. The largest absolute Gasteiger partial charge is 0.254 e. The van der Waals surface area contributed by atoms with Gasteiger partial charge in [-0.2, -0.15) is 0 Å². The molecule has 9 aromatic rings. The van der Waals surface area contributed by atoms with Crippen molar-refractivity contribution < 1.29 is 0 Å². The smallest absolute Gasteiger partial charge is 0.0972 e. The average Bonchev–Trinajstić information content (AvgIpc) is 3.06. The summed E-state index contributed by atoms with van der Waals surface area (Å²) >= 11 is 0. The van der Waals surface area contributed by atoms with E-state index in [0.717, 1.165) is 76.9 Å². The van der Waals surface area contributed by atoms with Crippen molar-refractivity contribution in [3.05, 3.63) is 134 Å². The van der Waals surface area contributed by atoms with E-state index in [1.54, 1.807) is 0 Å². The predicted molar refractivity (Wildman–Crippen MR) is 174 cm³/mol. The van der Waals surface area contributed by atoms with E-state index < -0.39 is 0 Å². The molecule has 0 aliphatic rings. The normalized spacial score (nSPS) is 11.8. The van der Waals surface area contributed by atoms with Crippen LogP contribution in [0.15, 0.2) is 134 Å². The number of hydrogen-bond acceptors (Lipinski definition) is 4. The summed E-state index contributed by atoms with van der Waals surface area (Å²) in [5.41, 5.74) is 7.76. The zero-order valence-electron chi connectivity index (χ0n) is 22.5. The van der Waals surface area contributed by atoms with Gasteiger partial charge < -0.3 is 0 Å². The van der Waals surface area contributed by atoms with Crippen LogP contribution in [0.3, 0.4) is 0 Å². The molecule has 4 aromatic heterocycles. The zero-order valence-corrected chi connectivity index (χ0v) is 22.5. The maximum atomic E-state index is 5.17. The molecule has 0 radical (unpaired) electrons. The van der Waals surface area contributed by atoms with Crippen LogP contribution in [-0.4, -0.2) is 19.9 Å². The van der Waals surface area contributed by atoms with E-state index in [1.165, 1.54) is 10.8 Å². The Labute approximate surface area is 241 Å². The molecule has 0 aliphatic heterocycles. The monoisotopic (exact) mass is 534 g/mol. The Morgan fingerprint density at radius 3 is 1.26 bits per heavy atom. The van der Waals surface area contributed by atoms with E-state index in [2.05, 4.69) is 119 Å². The summed E-state index contributed by atoms with van der Waals surface area (Å²) in [5.74, 6) is 0. The Kier molecular flexibility index (Phi) is 4.87. The van der Waals surface area contributed by atoms with Gasteiger partial charge in [0.05, 0.1) is 33.5 Å². The third kappa shape index (κ3) is 3.49. The Morgan fingerprint density at radius 1 is 0.333 bits per heavy atom. The van der Waals surface area contributed by atoms with Crippen LogP contribution in [0.4, 0.5) is 0 Å². The van der Waals surface area contributed by atoms with Crippen molar-refractivity contribution in [1.82, 2.24) is 19.9 Å². The van der Waals surface area contributed by atoms with Crippen LogP contribution in [0.25, 0.3) is 87.7 Å². The fourth-order valence-corrected chi connectivity index (χ4v) is 6.25. The lowest BCUT2D eigenvalue weighted by Gasteiger charge is -2.12. The number of fused-ring (bicyclic) bond motifs is 8. The third-order valence-electron chi connectivity index (χ3n) is 8.30. The molecule has 194 valence electrons. The van der Waals surface area contributed by atoms with Gasteiger partial charge in [-0.15, -0.1) is 0 Å². The van der Waals surface area contributed by atoms with Crippen molar-refractivity contribution in [3.63, 3.8) is 0 Å². The molecule has 9 rings (SSSR count). The van der Waals surface area contributed by atoms with Gasteiger partial charge in [-0.1, -0.05) is 84.9 Å².